The van der Waals surface area contributed by atoms with Crippen LogP contribution in [0.4, 0.5) is 0 Å². The van der Waals surface area contributed by atoms with Gasteiger partial charge in [-0.3, -0.25) is 9.69 Å². The van der Waals surface area contributed by atoms with Crippen molar-refractivity contribution in [3.05, 3.63) is 29.3 Å². The quantitative estimate of drug-likeness (QED) is 0.553. The molecule has 0 spiro atoms. The molecular weight excluding hydrogens is 330 g/mol. The van der Waals surface area contributed by atoms with Gasteiger partial charge in [-0.25, -0.2) is 4.79 Å². The molecule has 0 aliphatic rings. The molecule has 1 aromatic carbocycles. The van der Waals surface area contributed by atoms with E-state index in [4.69, 9.17) is 9.47 Å². The molecule has 24 heavy (non-hydrogen) atoms. The van der Waals surface area contributed by atoms with E-state index in [-0.39, 0.29) is 37.4 Å². The number of carbonyl (C=O) groups is 2. The highest BCUT2D eigenvalue weighted by molar-refractivity contribution is 5.85. The number of likely N-dealkylation sites (N-methyl/N-ethyl adjacent to an activating group) is 1. The van der Waals surface area contributed by atoms with Gasteiger partial charge in [-0.15, -0.1) is 12.4 Å². The van der Waals surface area contributed by atoms with Crippen molar-refractivity contribution in [1.82, 2.24) is 4.90 Å². The number of hydrogen-bond acceptors (Lipinski definition) is 5. The molecule has 136 valence electrons. The van der Waals surface area contributed by atoms with Crippen molar-refractivity contribution in [2.24, 2.45) is 0 Å². The maximum absolute atomic E-state index is 12.0. The third-order valence-electron chi connectivity index (χ3n) is 3.33. The lowest BCUT2D eigenvalue weighted by molar-refractivity contribution is -0.154. The van der Waals surface area contributed by atoms with E-state index in [2.05, 4.69) is 0 Å². The number of carbonyl (C=O) groups excluding carboxylic acids is 2. The monoisotopic (exact) mass is 357 g/mol. The van der Waals surface area contributed by atoms with Gasteiger partial charge in [0.15, 0.2) is 6.61 Å². The fourth-order valence-electron chi connectivity index (χ4n) is 2.19. The van der Waals surface area contributed by atoms with Crippen LogP contribution in [0, 0.1) is 0 Å². The lowest BCUT2D eigenvalue weighted by atomic mass is 9.94. The average Bonchev–Trinajstić information content (AvgIpc) is 2.44. The summed E-state index contributed by atoms with van der Waals surface area (Å²) in [4.78, 5) is 25.2. The summed E-state index contributed by atoms with van der Waals surface area (Å²) in [6, 6.07) is 5.88. The number of ether oxygens (including phenoxy) is 2. The van der Waals surface area contributed by atoms with Gasteiger partial charge >= 0.3 is 11.9 Å². The fourth-order valence-corrected chi connectivity index (χ4v) is 2.19. The zero-order valence-electron chi connectivity index (χ0n) is 15.3. The molecule has 0 aliphatic heterocycles. The van der Waals surface area contributed by atoms with Crippen LogP contribution in [-0.2, 0) is 14.3 Å². The van der Waals surface area contributed by atoms with Gasteiger partial charge in [0.1, 0.15) is 5.75 Å². The molecule has 0 radical (unpaired) electrons. The second-order valence-electron chi connectivity index (χ2n) is 6.45. The van der Waals surface area contributed by atoms with Gasteiger partial charge < -0.3 is 9.47 Å². The van der Waals surface area contributed by atoms with Crippen molar-refractivity contribution >= 4 is 24.3 Å². The standard InChI is InChI=1S/C18H27NO4.ClH/c1-12(2)14-8-7-9-15(13(3)4)18(14)23-17(21)11-22-16(20)10-19(5)6;/h7-9,12-13H,10-11H2,1-6H3;1H. The van der Waals surface area contributed by atoms with Crippen molar-refractivity contribution < 1.29 is 19.1 Å². The highest BCUT2D eigenvalue weighted by atomic mass is 35.5. The molecule has 0 heterocycles. The van der Waals surface area contributed by atoms with E-state index in [1.165, 1.54) is 0 Å². The Balaban J connectivity index is 0.00000529. The van der Waals surface area contributed by atoms with Crippen LogP contribution in [0.3, 0.4) is 0 Å². The SMILES string of the molecule is CC(C)c1cccc(C(C)C)c1OC(=O)COC(=O)CN(C)C.Cl. The van der Waals surface area contributed by atoms with Crippen molar-refractivity contribution in [3.63, 3.8) is 0 Å². The molecule has 0 aliphatic carbocycles. The Morgan fingerprint density at radius 1 is 1.00 bits per heavy atom. The summed E-state index contributed by atoms with van der Waals surface area (Å²) in [6.45, 7) is 7.95. The van der Waals surface area contributed by atoms with Crippen LogP contribution in [0.1, 0.15) is 50.7 Å². The first-order valence-corrected chi connectivity index (χ1v) is 7.86. The van der Waals surface area contributed by atoms with E-state index in [9.17, 15) is 9.59 Å². The van der Waals surface area contributed by atoms with E-state index >= 15 is 0 Å². The van der Waals surface area contributed by atoms with Gasteiger partial charge in [0.2, 0.25) is 0 Å². The molecular formula is C18H28ClNO4. The minimum atomic E-state index is -0.563. The average molecular weight is 358 g/mol. The number of hydrogen-bond donors (Lipinski definition) is 0. The van der Waals surface area contributed by atoms with E-state index < -0.39 is 11.9 Å². The highest BCUT2D eigenvalue weighted by Crippen LogP contribution is 2.34. The summed E-state index contributed by atoms with van der Waals surface area (Å²) in [5.74, 6) is 0.0343. The van der Waals surface area contributed by atoms with Crippen LogP contribution >= 0.6 is 12.4 Å². The van der Waals surface area contributed by atoms with Crippen LogP contribution < -0.4 is 4.74 Å². The lowest BCUT2D eigenvalue weighted by Gasteiger charge is -2.19. The molecule has 0 aromatic heterocycles. The van der Waals surface area contributed by atoms with Gasteiger partial charge in [-0.05, 0) is 37.1 Å². The van der Waals surface area contributed by atoms with E-state index in [1.54, 1.807) is 19.0 Å². The van der Waals surface area contributed by atoms with Crippen LogP contribution in [0.5, 0.6) is 5.75 Å². The molecule has 6 heteroatoms. The smallest absolute Gasteiger partial charge is 0.349 e. The number of nitrogens with zero attached hydrogens (tertiary/aromatic N) is 1. The predicted molar refractivity (Wildman–Crippen MR) is 97.0 cm³/mol. The van der Waals surface area contributed by atoms with E-state index in [0.29, 0.717) is 5.75 Å². The summed E-state index contributed by atoms with van der Waals surface area (Å²) in [5.41, 5.74) is 1.95. The molecule has 0 atom stereocenters. The second kappa shape index (κ2) is 10.3. The molecule has 1 aromatic rings. The Hall–Kier alpha value is -1.59. The van der Waals surface area contributed by atoms with Gasteiger partial charge in [-0.2, -0.15) is 0 Å². The summed E-state index contributed by atoms with van der Waals surface area (Å²) in [7, 11) is 3.51. The second-order valence-corrected chi connectivity index (χ2v) is 6.45. The molecule has 0 saturated carbocycles. The Kier molecular flexibility index (Phi) is 9.63. The van der Waals surface area contributed by atoms with Crippen LogP contribution in [0.2, 0.25) is 0 Å². The van der Waals surface area contributed by atoms with Gasteiger partial charge in [-0.1, -0.05) is 45.9 Å². The normalized spacial score (nSPS) is 10.7. The van der Waals surface area contributed by atoms with Gasteiger partial charge in [0, 0.05) is 0 Å². The molecule has 0 amide bonds. The Bertz CT molecular complexity index is 530. The van der Waals surface area contributed by atoms with Crippen molar-refractivity contribution in [1.29, 1.82) is 0 Å². The number of halogens is 1. The van der Waals surface area contributed by atoms with Crippen LogP contribution in [0.15, 0.2) is 18.2 Å². The fraction of sp³-hybridized carbons (Fsp3) is 0.556. The zero-order chi connectivity index (χ0) is 17.6. The summed E-state index contributed by atoms with van der Waals surface area (Å²) < 4.78 is 10.5. The minimum absolute atomic E-state index is 0. The maximum Gasteiger partial charge on any atom is 0.349 e. The van der Waals surface area contributed by atoms with Gasteiger partial charge in [0.05, 0.1) is 6.54 Å². The minimum Gasteiger partial charge on any atom is -0.453 e. The molecule has 0 N–H and O–H groups in total. The Morgan fingerprint density at radius 3 is 1.92 bits per heavy atom. The maximum atomic E-state index is 12.0. The summed E-state index contributed by atoms with van der Waals surface area (Å²) in [6.07, 6.45) is 0. The third kappa shape index (κ3) is 6.89. The molecule has 5 nitrogen and oxygen atoms in total. The Labute approximate surface area is 150 Å². The predicted octanol–water partition coefficient (Wildman–Crippen LogP) is 3.37. The molecule has 0 bridgehead atoms. The highest BCUT2D eigenvalue weighted by Gasteiger charge is 2.19. The van der Waals surface area contributed by atoms with E-state index in [1.807, 2.05) is 45.9 Å². The Morgan fingerprint density at radius 2 is 1.50 bits per heavy atom. The molecule has 0 saturated heterocycles. The number of rotatable bonds is 7. The first-order valence-electron chi connectivity index (χ1n) is 7.86. The molecule has 0 unspecified atom stereocenters. The number of benzene rings is 1. The van der Waals surface area contributed by atoms with Crippen molar-refractivity contribution in [2.75, 3.05) is 27.2 Å². The third-order valence-corrected chi connectivity index (χ3v) is 3.33. The van der Waals surface area contributed by atoms with E-state index in [0.717, 1.165) is 11.1 Å². The van der Waals surface area contributed by atoms with Crippen LogP contribution in [0.25, 0.3) is 0 Å². The summed E-state index contributed by atoms with van der Waals surface area (Å²) in [5, 5.41) is 0. The zero-order valence-corrected chi connectivity index (χ0v) is 16.1. The first-order chi connectivity index (χ1) is 10.7. The molecule has 0 fully saturated rings. The lowest BCUT2D eigenvalue weighted by Crippen LogP contribution is -2.27. The van der Waals surface area contributed by atoms with Crippen molar-refractivity contribution in [2.45, 2.75) is 39.5 Å². The number of para-hydroxylation sites is 1. The summed E-state index contributed by atoms with van der Waals surface area (Å²) >= 11 is 0. The molecule has 1 rings (SSSR count). The van der Waals surface area contributed by atoms with Gasteiger partial charge in [0.25, 0.3) is 0 Å². The van der Waals surface area contributed by atoms with Crippen molar-refractivity contribution in [3.8, 4) is 5.75 Å². The van der Waals surface area contributed by atoms with Crippen LogP contribution in [-0.4, -0.2) is 44.1 Å². The largest absolute Gasteiger partial charge is 0.453 e. The topological polar surface area (TPSA) is 55.8 Å². The first kappa shape index (κ1) is 22.4. The number of esters is 2.